The van der Waals surface area contributed by atoms with Gasteiger partial charge in [-0.3, -0.25) is 4.99 Å². The third-order valence-electron chi connectivity index (χ3n) is 5.91. The molecule has 0 N–H and O–H groups in total. The fraction of sp³-hybridized carbons (Fsp3) is 0.480. The lowest BCUT2D eigenvalue weighted by Gasteiger charge is -2.21. The molecule has 0 radical (unpaired) electrons. The van der Waals surface area contributed by atoms with Crippen LogP contribution in [0.5, 0.6) is 0 Å². The van der Waals surface area contributed by atoms with Gasteiger partial charge in [0.1, 0.15) is 0 Å². The maximum absolute atomic E-state index is 4.76. The lowest BCUT2D eigenvalue weighted by atomic mass is 9.83. The van der Waals surface area contributed by atoms with Gasteiger partial charge in [-0.2, -0.15) is 0 Å². The Bertz CT molecular complexity index is 799. The molecule has 1 nitrogen and oxygen atoms in total. The minimum atomic E-state index is 0.475. The minimum absolute atomic E-state index is 0.475. The largest absolute Gasteiger partial charge is 0.258 e. The SMILES string of the molecule is CC.CCc1c(C2=NC(C)=CC2)cccc1C(C)C1=C(C)C(C)=C(C)C1. The van der Waals surface area contributed by atoms with Crippen LogP contribution in [0.1, 0.15) is 90.8 Å². The predicted octanol–water partition coefficient (Wildman–Crippen LogP) is 7.53. The smallest absolute Gasteiger partial charge is 0.0520 e. The van der Waals surface area contributed by atoms with Gasteiger partial charge in [-0.05, 0) is 68.4 Å². The maximum Gasteiger partial charge on any atom is 0.0520 e. The van der Waals surface area contributed by atoms with Crippen molar-refractivity contribution in [2.45, 2.75) is 80.6 Å². The number of rotatable bonds is 4. The average molecular weight is 350 g/mol. The summed E-state index contributed by atoms with van der Waals surface area (Å²) < 4.78 is 0. The molecule has 0 amide bonds. The molecular weight excluding hydrogens is 314 g/mol. The zero-order chi connectivity index (χ0) is 19.4. The molecule has 1 unspecified atom stereocenters. The van der Waals surface area contributed by atoms with Crippen molar-refractivity contribution in [3.8, 4) is 0 Å². The van der Waals surface area contributed by atoms with Crippen LogP contribution in [0.25, 0.3) is 0 Å². The molecule has 3 rings (SSSR count). The highest BCUT2D eigenvalue weighted by atomic mass is 14.8. The molecule has 0 aromatic heterocycles. The highest BCUT2D eigenvalue weighted by Gasteiger charge is 2.24. The van der Waals surface area contributed by atoms with Crippen LogP contribution in [-0.2, 0) is 6.42 Å². The summed E-state index contributed by atoms with van der Waals surface area (Å²) in [6.45, 7) is 17.6. The van der Waals surface area contributed by atoms with Crippen molar-refractivity contribution in [1.29, 1.82) is 0 Å². The maximum atomic E-state index is 4.76. The fourth-order valence-corrected chi connectivity index (χ4v) is 4.17. The van der Waals surface area contributed by atoms with E-state index in [1.165, 1.54) is 39.1 Å². The van der Waals surface area contributed by atoms with Gasteiger partial charge >= 0.3 is 0 Å². The summed E-state index contributed by atoms with van der Waals surface area (Å²) in [7, 11) is 0. The molecule has 0 fully saturated rings. The summed E-state index contributed by atoms with van der Waals surface area (Å²) in [6, 6.07) is 6.80. The van der Waals surface area contributed by atoms with E-state index in [4.69, 9.17) is 4.99 Å². The summed E-state index contributed by atoms with van der Waals surface area (Å²) in [6.07, 6.45) is 5.39. The first kappa shape index (κ1) is 20.4. The number of benzene rings is 1. The van der Waals surface area contributed by atoms with Gasteiger partial charge in [-0.25, -0.2) is 0 Å². The van der Waals surface area contributed by atoms with Crippen LogP contribution in [0.4, 0.5) is 0 Å². The standard InChI is InChI=1S/C23H29N.C2H6/c1-7-19-20(18(6)22-13-14(2)16(4)17(22)5)9-8-10-21(19)23-12-11-15(3)24-23;1-2/h8-11,18H,7,12-13H2,1-6H3;1-2H3. The monoisotopic (exact) mass is 349 g/mol. The van der Waals surface area contributed by atoms with Gasteiger partial charge < -0.3 is 0 Å². The molecule has 2 aliphatic rings. The molecule has 0 bridgehead atoms. The molecule has 26 heavy (non-hydrogen) atoms. The van der Waals surface area contributed by atoms with Crippen molar-refractivity contribution in [3.63, 3.8) is 0 Å². The minimum Gasteiger partial charge on any atom is -0.258 e. The fourth-order valence-electron chi connectivity index (χ4n) is 4.17. The zero-order valence-electron chi connectivity index (χ0n) is 18.0. The molecule has 1 atom stereocenters. The molecule has 0 spiro atoms. The van der Waals surface area contributed by atoms with Gasteiger partial charge in [-0.15, -0.1) is 0 Å². The molecule has 1 aromatic rings. The first-order valence-electron chi connectivity index (χ1n) is 10.2. The average Bonchev–Trinajstić information content (AvgIpc) is 3.20. The molecule has 1 aliphatic carbocycles. The van der Waals surface area contributed by atoms with E-state index in [-0.39, 0.29) is 0 Å². The van der Waals surface area contributed by atoms with Crippen LogP contribution in [-0.4, -0.2) is 5.71 Å². The lowest BCUT2D eigenvalue weighted by Crippen LogP contribution is -2.09. The van der Waals surface area contributed by atoms with Crippen molar-refractivity contribution in [2.24, 2.45) is 4.99 Å². The van der Waals surface area contributed by atoms with Crippen molar-refractivity contribution in [1.82, 2.24) is 0 Å². The predicted molar refractivity (Wildman–Crippen MR) is 116 cm³/mol. The Kier molecular flexibility index (Phi) is 6.81. The Balaban J connectivity index is 0.00000117. The van der Waals surface area contributed by atoms with E-state index >= 15 is 0 Å². The topological polar surface area (TPSA) is 12.4 Å². The summed E-state index contributed by atoms with van der Waals surface area (Å²) in [4.78, 5) is 4.76. The van der Waals surface area contributed by atoms with E-state index < -0.39 is 0 Å². The zero-order valence-corrected chi connectivity index (χ0v) is 18.0. The Morgan fingerprint density at radius 3 is 2.23 bits per heavy atom. The van der Waals surface area contributed by atoms with Gasteiger partial charge in [0.2, 0.25) is 0 Å². The third-order valence-corrected chi connectivity index (χ3v) is 5.91. The van der Waals surface area contributed by atoms with E-state index in [9.17, 15) is 0 Å². The van der Waals surface area contributed by atoms with E-state index in [2.05, 4.69) is 65.8 Å². The highest BCUT2D eigenvalue weighted by molar-refractivity contribution is 6.04. The highest BCUT2D eigenvalue weighted by Crippen LogP contribution is 2.41. The Morgan fingerprint density at radius 2 is 1.73 bits per heavy atom. The molecule has 1 heterocycles. The second-order valence-electron chi connectivity index (χ2n) is 7.29. The first-order chi connectivity index (χ1) is 12.4. The quantitative estimate of drug-likeness (QED) is 0.532. The van der Waals surface area contributed by atoms with E-state index in [0.717, 1.165) is 25.0 Å². The number of nitrogens with zero attached hydrogens (tertiary/aromatic N) is 1. The van der Waals surface area contributed by atoms with Crippen molar-refractivity contribution in [2.75, 3.05) is 0 Å². The van der Waals surface area contributed by atoms with Gasteiger partial charge in [-0.1, -0.05) is 63.1 Å². The number of hydrogen-bond acceptors (Lipinski definition) is 1. The van der Waals surface area contributed by atoms with E-state index in [0.29, 0.717) is 5.92 Å². The second kappa shape index (κ2) is 8.66. The lowest BCUT2D eigenvalue weighted by molar-refractivity contribution is 0.832. The molecule has 1 aliphatic heterocycles. The molecule has 0 saturated carbocycles. The Hall–Kier alpha value is -1.89. The molecule has 0 saturated heterocycles. The van der Waals surface area contributed by atoms with Crippen LogP contribution in [0.2, 0.25) is 0 Å². The Morgan fingerprint density at radius 1 is 1.04 bits per heavy atom. The summed E-state index contributed by atoms with van der Waals surface area (Å²) in [5, 5.41) is 0. The molecular formula is C25H35N. The van der Waals surface area contributed by atoms with Crippen molar-refractivity contribution < 1.29 is 0 Å². The number of hydrogen-bond donors (Lipinski definition) is 0. The number of aliphatic imine (C=N–C) groups is 1. The van der Waals surface area contributed by atoms with Gasteiger partial charge in [0, 0.05) is 18.0 Å². The van der Waals surface area contributed by atoms with Gasteiger partial charge in [0.05, 0.1) is 5.71 Å². The molecule has 140 valence electrons. The van der Waals surface area contributed by atoms with Crippen molar-refractivity contribution in [3.05, 3.63) is 69.0 Å². The molecule has 1 heteroatoms. The summed E-state index contributed by atoms with van der Waals surface area (Å²) in [5.41, 5.74) is 12.8. The van der Waals surface area contributed by atoms with E-state index in [1.54, 1.807) is 5.57 Å². The van der Waals surface area contributed by atoms with Gasteiger partial charge in [0.25, 0.3) is 0 Å². The van der Waals surface area contributed by atoms with E-state index in [1.807, 2.05) is 13.8 Å². The normalized spacial score (nSPS) is 17.8. The summed E-state index contributed by atoms with van der Waals surface area (Å²) >= 11 is 0. The number of allylic oxidation sites excluding steroid dienone is 6. The summed E-state index contributed by atoms with van der Waals surface area (Å²) in [5.74, 6) is 0.475. The molecule has 1 aromatic carbocycles. The first-order valence-corrected chi connectivity index (χ1v) is 10.2. The Labute approximate surface area is 160 Å². The van der Waals surface area contributed by atoms with Crippen LogP contribution in [0, 0.1) is 0 Å². The van der Waals surface area contributed by atoms with Crippen LogP contribution >= 0.6 is 0 Å². The van der Waals surface area contributed by atoms with Crippen LogP contribution in [0.15, 0.2) is 57.3 Å². The third kappa shape index (κ3) is 3.77. The van der Waals surface area contributed by atoms with Crippen molar-refractivity contribution >= 4 is 5.71 Å². The second-order valence-corrected chi connectivity index (χ2v) is 7.29. The van der Waals surface area contributed by atoms with Gasteiger partial charge in [0.15, 0.2) is 0 Å². The van der Waals surface area contributed by atoms with Crippen LogP contribution < -0.4 is 0 Å². The van der Waals surface area contributed by atoms with Crippen LogP contribution in [0.3, 0.4) is 0 Å².